The first kappa shape index (κ1) is 14.3. The van der Waals surface area contributed by atoms with E-state index in [0.29, 0.717) is 17.8 Å². The topological polar surface area (TPSA) is 29.1 Å². The molecule has 1 rings (SSSR count). The molecule has 2 nitrogen and oxygen atoms in total. The zero-order chi connectivity index (χ0) is 12.1. The molecule has 3 heteroatoms. The van der Waals surface area contributed by atoms with Crippen LogP contribution in [0.1, 0.15) is 40.0 Å². The Kier molecular flexibility index (Phi) is 6.08. The van der Waals surface area contributed by atoms with Crippen LogP contribution in [0.5, 0.6) is 0 Å². The van der Waals surface area contributed by atoms with Crippen molar-refractivity contribution >= 4 is 28.5 Å². The van der Waals surface area contributed by atoms with Crippen LogP contribution in [0, 0.1) is 23.7 Å². The van der Waals surface area contributed by atoms with E-state index in [0.717, 1.165) is 17.4 Å². The molecule has 16 heavy (non-hydrogen) atoms. The molecule has 0 spiro atoms. The predicted octanol–water partition coefficient (Wildman–Crippen LogP) is 3.25. The minimum atomic E-state index is 0.258. The van der Waals surface area contributed by atoms with Crippen LogP contribution in [0.25, 0.3) is 0 Å². The highest BCUT2D eigenvalue weighted by atomic mass is 127. The Morgan fingerprint density at radius 1 is 1.50 bits per heavy atom. The highest BCUT2D eigenvalue weighted by Crippen LogP contribution is 2.38. The maximum absolute atomic E-state index is 12.1. The number of halogens is 1. The predicted molar refractivity (Wildman–Crippen MR) is 76.7 cm³/mol. The van der Waals surface area contributed by atoms with Crippen LogP contribution in [-0.2, 0) is 4.79 Å². The molecule has 0 saturated heterocycles. The Morgan fingerprint density at radius 3 is 2.75 bits per heavy atom. The van der Waals surface area contributed by atoms with Gasteiger partial charge in [-0.15, -0.1) is 0 Å². The third-order valence-corrected chi connectivity index (χ3v) is 5.22. The lowest BCUT2D eigenvalue weighted by atomic mass is 9.70. The third-order valence-electron chi connectivity index (χ3n) is 3.83. The van der Waals surface area contributed by atoms with Crippen LogP contribution in [-0.4, -0.2) is 16.9 Å². The van der Waals surface area contributed by atoms with E-state index in [4.69, 9.17) is 0 Å². The lowest BCUT2D eigenvalue weighted by molar-refractivity contribution is -0.129. The van der Waals surface area contributed by atoms with Gasteiger partial charge >= 0.3 is 0 Å². The van der Waals surface area contributed by atoms with Crippen molar-refractivity contribution < 1.29 is 4.79 Å². The molecule has 0 aromatic heterocycles. The molecule has 94 valence electrons. The summed E-state index contributed by atoms with van der Waals surface area (Å²) in [6.45, 7) is 7.33. The van der Waals surface area contributed by atoms with E-state index in [1.165, 1.54) is 12.8 Å². The van der Waals surface area contributed by atoms with Crippen molar-refractivity contribution in [3.05, 3.63) is 0 Å². The lowest BCUT2D eigenvalue weighted by Crippen LogP contribution is -2.40. The smallest absolute Gasteiger partial charge is 0.223 e. The second-order valence-electron chi connectivity index (χ2n) is 5.21. The molecular weight excluding hydrogens is 313 g/mol. The monoisotopic (exact) mass is 337 g/mol. The Labute approximate surface area is 113 Å². The summed E-state index contributed by atoms with van der Waals surface area (Å²) in [4.78, 5) is 12.1. The third kappa shape index (κ3) is 3.60. The number of nitrogens with one attached hydrogen (secondary N) is 1. The van der Waals surface area contributed by atoms with E-state index < -0.39 is 0 Å². The summed E-state index contributed by atoms with van der Waals surface area (Å²) < 4.78 is 1.16. The minimum absolute atomic E-state index is 0.258. The van der Waals surface area contributed by atoms with Crippen molar-refractivity contribution in [3.63, 3.8) is 0 Å². The van der Waals surface area contributed by atoms with Gasteiger partial charge in [-0.25, -0.2) is 0 Å². The van der Waals surface area contributed by atoms with Crippen LogP contribution in [0.2, 0.25) is 0 Å². The molecule has 1 aliphatic carbocycles. The lowest BCUT2D eigenvalue weighted by Gasteiger charge is -2.37. The molecule has 0 heterocycles. The Morgan fingerprint density at radius 2 is 2.19 bits per heavy atom. The van der Waals surface area contributed by atoms with Gasteiger partial charge in [0.25, 0.3) is 0 Å². The van der Waals surface area contributed by atoms with Gasteiger partial charge in [0.05, 0.1) is 0 Å². The summed E-state index contributed by atoms with van der Waals surface area (Å²) in [5.74, 6) is 2.52. The summed E-state index contributed by atoms with van der Waals surface area (Å²) in [6, 6.07) is 0. The highest BCUT2D eigenvalue weighted by molar-refractivity contribution is 14.1. The number of hydrogen-bond donors (Lipinski definition) is 1. The molecule has 4 atom stereocenters. The van der Waals surface area contributed by atoms with Gasteiger partial charge < -0.3 is 5.32 Å². The van der Waals surface area contributed by atoms with Crippen LogP contribution in [0.3, 0.4) is 0 Å². The van der Waals surface area contributed by atoms with Crippen LogP contribution in [0.4, 0.5) is 0 Å². The number of hydrogen-bond acceptors (Lipinski definition) is 1. The molecule has 0 bridgehead atoms. The first-order chi connectivity index (χ1) is 7.60. The van der Waals surface area contributed by atoms with Crippen molar-refractivity contribution in [2.75, 3.05) is 11.0 Å². The standard InChI is InChI=1S/C13H24INO/c1-4-15-13(16)12-7-9(2)5-6-11(12)10(3)8-14/h9-12H,4-8H2,1-3H3,(H,15,16). The summed E-state index contributed by atoms with van der Waals surface area (Å²) in [5.41, 5.74) is 0. The van der Waals surface area contributed by atoms with Crippen molar-refractivity contribution in [2.45, 2.75) is 40.0 Å². The quantitative estimate of drug-likeness (QED) is 0.619. The molecule has 1 fully saturated rings. The molecule has 1 saturated carbocycles. The Balaban J connectivity index is 2.68. The van der Waals surface area contributed by atoms with Gasteiger partial charge in [-0.2, -0.15) is 0 Å². The molecular formula is C13H24INO. The first-order valence-corrected chi connectivity index (χ1v) is 7.96. The molecule has 0 aromatic carbocycles. The molecule has 0 radical (unpaired) electrons. The summed E-state index contributed by atoms with van der Waals surface area (Å²) in [7, 11) is 0. The average Bonchev–Trinajstić information content (AvgIpc) is 2.28. The molecule has 0 aromatic rings. The molecule has 1 amide bonds. The van der Waals surface area contributed by atoms with Crippen LogP contribution < -0.4 is 5.32 Å². The Bertz CT molecular complexity index is 232. The average molecular weight is 337 g/mol. The first-order valence-electron chi connectivity index (χ1n) is 6.43. The second kappa shape index (κ2) is 6.82. The Hall–Kier alpha value is 0.200. The van der Waals surface area contributed by atoms with Gasteiger partial charge in [0, 0.05) is 16.9 Å². The van der Waals surface area contributed by atoms with E-state index in [1.54, 1.807) is 0 Å². The van der Waals surface area contributed by atoms with Gasteiger partial charge in [-0.1, -0.05) is 42.9 Å². The summed E-state index contributed by atoms with van der Waals surface area (Å²) in [5, 5.41) is 3.00. The molecule has 1 N–H and O–H groups in total. The van der Waals surface area contributed by atoms with Crippen molar-refractivity contribution in [1.29, 1.82) is 0 Å². The van der Waals surface area contributed by atoms with E-state index in [2.05, 4.69) is 41.8 Å². The number of alkyl halides is 1. The largest absolute Gasteiger partial charge is 0.356 e. The minimum Gasteiger partial charge on any atom is -0.356 e. The fourth-order valence-electron chi connectivity index (χ4n) is 2.81. The van der Waals surface area contributed by atoms with Crippen LogP contribution >= 0.6 is 22.6 Å². The van der Waals surface area contributed by atoms with Gasteiger partial charge in [0.2, 0.25) is 5.91 Å². The van der Waals surface area contributed by atoms with Gasteiger partial charge in [-0.05, 0) is 37.5 Å². The number of rotatable bonds is 4. The maximum Gasteiger partial charge on any atom is 0.223 e. The fraction of sp³-hybridized carbons (Fsp3) is 0.923. The van der Waals surface area contributed by atoms with Gasteiger partial charge in [0.1, 0.15) is 0 Å². The van der Waals surface area contributed by atoms with Crippen LogP contribution in [0.15, 0.2) is 0 Å². The zero-order valence-corrected chi connectivity index (χ0v) is 12.8. The van der Waals surface area contributed by atoms with E-state index >= 15 is 0 Å². The van der Waals surface area contributed by atoms with Crippen molar-refractivity contribution in [3.8, 4) is 0 Å². The SMILES string of the molecule is CCNC(=O)C1CC(C)CCC1C(C)CI. The van der Waals surface area contributed by atoms with Crippen molar-refractivity contribution in [2.24, 2.45) is 23.7 Å². The summed E-state index contributed by atoms with van der Waals surface area (Å²) in [6.07, 6.45) is 3.60. The maximum atomic E-state index is 12.1. The second-order valence-corrected chi connectivity index (χ2v) is 6.10. The van der Waals surface area contributed by atoms with Gasteiger partial charge in [0.15, 0.2) is 0 Å². The zero-order valence-electron chi connectivity index (χ0n) is 10.6. The normalized spacial score (nSPS) is 32.1. The number of carbonyl (C=O) groups is 1. The number of amides is 1. The number of carbonyl (C=O) groups excluding carboxylic acids is 1. The molecule has 1 aliphatic rings. The highest BCUT2D eigenvalue weighted by Gasteiger charge is 2.35. The van der Waals surface area contributed by atoms with E-state index in [1.807, 2.05) is 6.92 Å². The van der Waals surface area contributed by atoms with Crippen molar-refractivity contribution in [1.82, 2.24) is 5.32 Å². The molecule has 0 aliphatic heterocycles. The van der Waals surface area contributed by atoms with E-state index in [9.17, 15) is 4.79 Å². The fourth-order valence-corrected chi connectivity index (χ4v) is 3.46. The summed E-state index contributed by atoms with van der Waals surface area (Å²) >= 11 is 2.44. The van der Waals surface area contributed by atoms with Gasteiger partial charge in [-0.3, -0.25) is 4.79 Å². The molecule has 4 unspecified atom stereocenters. The van der Waals surface area contributed by atoms with E-state index in [-0.39, 0.29) is 11.8 Å².